The van der Waals surface area contributed by atoms with Crippen LogP contribution in [-0.4, -0.2) is 34.1 Å². The number of hydrogen-bond donors (Lipinski definition) is 3. The van der Waals surface area contributed by atoms with Gasteiger partial charge in [-0.2, -0.15) is 0 Å². The fourth-order valence-electron chi connectivity index (χ4n) is 1.63. The summed E-state index contributed by atoms with van der Waals surface area (Å²) in [4.78, 5) is 10.9. The second-order valence-corrected chi connectivity index (χ2v) is 6.10. The summed E-state index contributed by atoms with van der Waals surface area (Å²) < 4.78 is 31.7. The Labute approximate surface area is 118 Å². The Bertz CT molecular complexity index is 586. The van der Waals surface area contributed by atoms with E-state index in [1.54, 1.807) is 14.0 Å². The number of sulfonamides is 1. The van der Waals surface area contributed by atoms with Crippen molar-refractivity contribution in [2.24, 2.45) is 5.73 Å². The summed E-state index contributed by atoms with van der Waals surface area (Å²) in [7, 11) is -2.20. The Morgan fingerprint density at radius 3 is 2.60 bits per heavy atom. The minimum Gasteiger partial charge on any atom is -0.398 e. The number of nitrogen functional groups attached to an aromatic ring is 1. The van der Waals surface area contributed by atoms with Gasteiger partial charge in [0.25, 0.3) is 0 Å². The van der Waals surface area contributed by atoms with Crippen LogP contribution in [0.5, 0.6) is 0 Å². The van der Waals surface area contributed by atoms with Crippen molar-refractivity contribution in [3.05, 3.63) is 23.8 Å². The Morgan fingerprint density at radius 1 is 1.45 bits per heavy atom. The second-order valence-electron chi connectivity index (χ2n) is 4.42. The number of rotatable bonds is 7. The summed E-state index contributed by atoms with van der Waals surface area (Å²) in [6, 6.07) is 3.54. The van der Waals surface area contributed by atoms with Crippen LogP contribution in [0.1, 0.15) is 23.7 Å². The van der Waals surface area contributed by atoms with Crippen LogP contribution < -0.4 is 16.2 Å². The molecule has 0 aliphatic carbocycles. The van der Waals surface area contributed by atoms with E-state index in [1.165, 1.54) is 18.2 Å². The SMILES string of the molecule is COCCC(C)NS(=O)(=O)c1ccc(C(N)=O)cc1N. The number of ether oxygens (including phenoxy) is 1. The molecule has 0 aliphatic rings. The number of nitrogens with two attached hydrogens (primary N) is 2. The highest BCUT2D eigenvalue weighted by molar-refractivity contribution is 7.89. The highest BCUT2D eigenvalue weighted by atomic mass is 32.2. The average molecular weight is 301 g/mol. The molecule has 1 aromatic rings. The molecule has 20 heavy (non-hydrogen) atoms. The summed E-state index contributed by atoms with van der Waals surface area (Å²) in [5, 5.41) is 0. The molecule has 0 spiro atoms. The van der Waals surface area contributed by atoms with Crippen LogP contribution in [0.3, 0.4) is 0 Å². The van der Waals surface area contributed by atoms with Crippen LogP contribution in [0, 0.1) is 0 Å². The molecule has 1 atom stereocenters. The van der Waals surface area contributed by atoms with Gasteiger partial charge in [-0.15, -0.1) is 0 Å². The third kappa shape index (κ3) is 4.19. The number of benzene rings is 1. The number of anilines is 1. The maximum absolute atomic E-state index is 12.2. The molecular formula is C12H19N3O4S. The minimum atomic E-state index is -3.75. The van der Waals surface area contributed by atoms with Crippen LogP contribution >= 0.6 is 0 Å². The lowest BCUT2D eigenvalue weighted by molar-refractivity contribution is 0.1000. The predicted octanol–water partition coefficient (Wildman–Crippen LogP) is 0.0710. The van der Waals surface area contributed by atoms with Crippen molar-refractivity contribution in [1.82, 2.24) is 4.72 Å². The predicted molar refractivity (Wildman–Crippen MR) is 75.6 cm³/mol. The van der Waals surface area contributed by atoms with E-state index in [9.17, 15) is 13.2 Å². The van der Waals surface area contributed by atoms with Crippen LogP contribution in [-0.2, 0) is 14.8 Å². The number of primary amides is 1. The molecule has 5 N–H and O–H groups in total. The van der Waals surface area contributed by atoms with E-state index < -0.39 is 15.9 Å². The summed E-state index contributed by atoms with van der Waals surface area (Å²) in [5.41, 5.74) is 10.9. The molecular weight excluding hydrogens is 282 g/mol. The highest BCUT2D eigenvalue weighted by Crippen LogP contribution is 2.20. The van der Waals surface area contributed by atoms with Gasteiger partial charge in [0.05, 0.1) is 5.69 Å². The van der Waals surface area contributed by atoms with Gasteiger partial charge in [0, 0.05) is 25.3 Å². The van der Waals surface area contributed by atoms with E-state index in [1.807, 2.05) is 0 Å². The van der Waals surface area contributed by atoms with Gasteiger partial charge in [0.1, 0.15) is 4.90 Å². The van der Waals surface area contributed by atoms with Crippen molar-refractivity contribution in [3.8, 4) is 0 Å². The van der Waals surface area contributed by atoms with E-state index >= 15 is 0 Å². The monoisotopic (exact) mass is 301 g/mol. The lowest BCUT2D eigenvalue weighted by atomic mass is 10.2. The van der Waals surface area contributed by atoms with Gasteiger partial charge in [-0.25, -0.2) is 13.1 Å². The zero-order valence-electron chi connectivity index (χ0n) is 11.4. The number of nitrogens with one attached hydrogen (secondary N) is 1. The zero-order valence-corrected chi connectivity index (χ0v) is 12.2. The van der Waals surface area contributed by atoms with E-state index in [0.717, 1.165) is 0 Å². The molecule has 1 rings (SSSR count). The van der Waals surface area contributed by atoms with E-state index in [-0.39, 0.29) is 22.2 Å². The molecule has 8 heteroatoms. The van der Waals surface area contributed by atoms with E-state index in [4.69, 9.17) is 16.2 Å². The first kappa shape index (κ1) is 16.4. The molecule has 0 aliphatic heterocycles. The maximum atomic E-state index is 12.2. The van der Waals surface area contributed by atoms with Gasteiger partial charge in [-0.1, -0.05) is 0 Å². The number of amides is 1. The molecule has 0 fully saturated rings. The van der Waals surface area contributed by atoms with Crippen LogP contribution in [0.4, 0.5) is 5.69 Å². The minimum absolute atomic E-state index is 0.0206. The fourth-order valence-corrected chi connectivity index (χ4v) is 3.02. The normalized spacial score (nSPS) is 13.1. The zero-order chi connectivity index (χ0) is 15.3. The highest BCUT2D eigenvalue weighted by Gasteiger charge is 2.20. The third-order valence-corrected chi connectivity index (χ3v) is 4.36. The Kier molecular flexibility index (Phi) is 5.49. The first-order valence-electron chi connectivity index (χ1n) is 5.98. The van der Waals surface area contributed by atoms with Gasteiger partial charge in [-0.3, -0.25) is 4.79 Å². The van der Waals surface area contributed by atoms with Crippen molar-refractivity contribution < 1.29 is 17.9 Å². The van der Waals surface area contributed by atoms with Gasteiger partial charge in [-0.05, 0) is 31.5 Å². The first-order chi connectivity index (χ1) is 9.27. The molecule has 0 saturated carbocycles. The van der Waals surface area contributed by atoms with Gasteiger partial charge >= 0.3 is 0 Å². The van der Waals surface area contributed by atoms with Gasteiger partial charge in [0.2, 0.25) is 15.9 Å². The molecule has 0 aromatic heterocycles. The molecule has 1 amide bonds. The Hall–Kier alpha value is -1.64. The number of carbonyl (C=O) groups is 1. The first-order valence-corrected chi connectivity index (χ1v) is 7.47. The van der Waals surface area contributed by atoms with Crippen LogP contribution in [0.2, 0.25) is 0 Å². The molecule has 112 valence electrons. The molecule has 0 saturated heterocycles. The summed E-state index contributed by atoms with van der Waals surface area (Å²) in [6.07, 6.45) is 0.537. The number of carbonyl (C=O) groups excluding carboxylic acids is 1. The molecule has 1 aromatic carbocycles. The van der Waals surface area contributed by atoms with Crippen molar-refractivity contribution in [3.63, 3.8) is 0 Å². The van der Waals surface area contributed by atoms with Gasteiger partial charge < -0.3 is 16.2 Å². The molecule has 0 radical (unpaired) electrons. The van der Waals surface area contributed by atoms with Crippen molar-refractivity contribution in [2.45, 2.75) is 24.3 Å². The standard InChI is InChI=1S/C12H19N3O4S/c1-8(5-6-19-2)15-20(17,18)11-4-3-9(12(14)16)7-10(11)13/h3-4,7-8,15H,5-6,13H2,1-2H3,(H2,14,16). The van der Waals surface area contributed by atoms with Crippen LogP contribution in [0.15, 0.2) is 23.1 Å². The van der Waals surface area contributed by atoms with Crippen LogP contribution in [0.25, 0.3) is 0 Å². The second kappa shape index (κ2) is 6.69. The van der Waals surface area contributed by atoms with E-state index in [2.05, 4.69) is 4.72 Å². The van der Waals surface area contributed by atoms with Crippen molar-refractivity contribution in [2.75, 3.05) is 19.5 Å². The third-order valence-electron chi connectivity index (χ3n) is 2.70. The smallest absolute Gasteiger partial charge is 0.248 e. The summed E-state index contributed by atoms with van der Waals surface area (Å²) >= 11 is 0. The molecule has 0 heterocycles. The molecule has 0 bridgehead atoms. The number of methoxy groups -OCH3 is 1. The maximum Gasteiger partial charge on any atom is 0.248 e. The van der Waals surface area contributed by atoms with Gasteiger partial charge in [0.15, 0.2) is 0 Å². The number of hydrogen-bond acceptors (Lipinski definition) is 5. The quantitative estimate of drug-likeness (QED) is 0.615. The molecule has 1 unspecified atom stereocenters. The average Bonchev–Trinajstić information content (AvgIpc) is 2.35. The molecule has 7 nitrogen and oxygen atoms in total. The lowest BCUT2D eigenvalue weighted by Gasteiger charge is -2.15. The largest absolute Gasteiger partial charge is 0.398 e. The Morgan fingerprint density at radius 2 is 2.10 bits per heavy atom. The lowest BCUT2D eigenvalue weighted by Crippen LogP contribution is -2.33. The van der Waals surface area contributed by atoms with Crippen molar-refractivity contribution in [1.29, 1.82) is 0 Å². The summed E-state index contributed by atoms with van der Waals surface area (Å²) in [5.74, 6) is -0.665. The van der Waals surface area contributed by atoms with E-state index in [0.29, 0.717) is 13.0 Å². The summed E-state index contributed by atoms with van der Waals surface area (Å²) in [6.45, 7) is 2.17. The fraction of sp³-hybridized carbons (Fsp3) is 0.417. The van der Waals surface area contributed by atoms with Crippen molar-refractivity contribution >= 4 is 21.6 Å². The Balaban J connectivity index is 2.95. The topological polar surface area (TPSA) is 125 Å².